The molecule has 1 aromatic carbocycles. The number of carbonyl (C=O) groups is 3. The van der Waals surface area contributed by atoms with Gasteiger partial charge in [0.1, 0.15) is 12.1 Å². The van der Waals surface area contributed by atoms with Crippen LogP contribution in [0.2, 0.25) is 0 Å². The van der Waals surface area contributed by atoms with Gasteiger partial charge in [-0.3, -0.25) is 14.5 Å². The van der Waals surface area contributed by atoms with Crippen LogP contribution in [0.1, 0.15) is 43.2 Å². The molecule has 1 aliphatic heterocycles. The first-order chi connectivity index (χ1) is 12.9. The lowest BCUT2D eigenvalue weighted by molar-refractivity contribution is -0.872. The van der Waals surface area contributed by atoms with Gasteiger partial charge in [-0.15, -0.1) is 0 Å². The van der Waals surface area contributed by atoms with Gasteiger partial charge in [-0.1, -0.05) is 37.1 Å². The van der Waals surface area contributed by atoms with Gasteiger partial charge in [0.2, 0.25) is 5.91 Å². The van der Waals surface area contributed by atoms with Crippen molar-refractivity contribution in [3.05, 3.63) is 35.4 Å². The van der Waals surface area contributed by atoms with Crippen LogP contribution in [0.5, 0.6) is 0 Å². The van der Waals surface area contributed by atoms with Crippen LogP contribution in [0, 0.1) is 0 Å². The summed E-state index contributed by atoms with van der Waals surface area (Å²) in [4.78, 5) is 39.3. The van der Waals surface area contributed by atoms with Gasteiger partial charge in [0.15, 0.2) is 0 Å². The second kappa shape index (κ2) is 8.08. The molecule has 3 N–H and O–H groups in total. The van der Waals surface area contributed by atoms with Crippen LogP contribution in [0.25, 0.3) is 0 Å². The fourth-order valence-corrected chi connectivity index (χ4v) is 3.88. The molecular formula is C20H29N4O3+. The van der Waals surface area contributed by atoms with Crippen molar-refractivity contribution < 1.29 is 19.3 Å². The predicted octanol–water partition coefficient (Wildman–Crippen LogP) is 0.202. The molecule has 1 aliphatic carbocycles. The monoisotopic (exact) mass is 373 g/mol. The fourth-order valence-electron chi connectivity index (χ4n) is 3.88. The van der Waals surface area contributed by atoms with Gasteiger partial charge in [0.25, 0.3) is 5.91 Å². The molecule has 2 aliphatic rings. The zero-order chi connectivity index (χ0) is 19.4. The highest BCUT2D eigenvalue weighted by Gasteiger charge is 2.52. The van der Waals surface area contributed by atoms with Crippen molar-refractivity contribution >= 4 is 17.8 Å². The van der Waals surface area contributed by atoms with Crippen LogP contribution in [-0.4, -0.2) is 48.9 Å². The van der Waals surface area contributed by atoms with Crippen molar-refractivity contribution in [1.29, 1.82) is 0 Å². The summed E-state index contributed by atoms with van der Waals surface area (Å²) in [5.74, 6) is -0.332. The Morgan fingerprint density at radius 1 is 1.15 bits per heavy atom. The Bertz CT molecular complexity index is 708. The molecule has 27 heavy (non-hydrogen) atoms. The number of urea groups is 1. The quantitative estimate of drug-likeness (QED) is 0.597. The van der Waals surface area contributed by atoms with Crippen molar-refractivity contribution in [2.75, 3.05) is 20.6 Å². The second-order valence-electron chi connectivity index (χ2n) is 7.90. The molecule has 7 nitrogen and oxygen atoms in total. The van der Waals surface area contributed by atoms with Crippen molar-refractivity contribution in [3.63, 3.8) is 0 Å². The van der Waals surface area contributed by atoms with Gasteiger partial charge in [0, 0.05) is 25.1 Å². The van der Waals surface area contributed by atoms with E-state index in [4.69, 9.17) is 0 Å². The number of nitrogens with zero attached hydrogens (tertiary/aromatic N) is 1. The lowest BCUT2D eigenvalue weighted by Crippen LogP contribution is -3.04. The van der Waals surface area contributed by atoms with E-state index in [0.29, 0.717) is 19.4 Å². The highest BCUT2D eigenvalue weighted by atomic mass is 16.2. The summed E-state index contributed by atoms with van der Waals surface area (Å²) in [6, 6.07) is 7.80. The van der Waals surface area contributed by atoms with E-state index in [0.717, 1.165) is 24.9 Å². The van der Waals surface area contributed by atoms with Gasteiger partial charge in [-0.05, 0) is 18.4 Å². The lowest BCUT2D eigenvalue weighted by Gasteiger charge is -2.19. The molecule has 1 spiro atoms. The van der Waals surface area contributed by atoms with Gasteiger partial charge < -0.3 is 15.5 Å². The van der Waals surface area contributed by atoms with E-state index in [9.17, 15) is 14.4 Å². The van der Waals surface area contributed by atoms with E-state index in [2.05, 4.69) is 36.9 Å². The summed E-state index contributed by atoms with van der Waals surface area (Å²) < 4.78 is 0. The Labute approximate surface area is 160 Å². The van der Waals surface area contributed by atoms with Crippen LogP contribution >= 0.6 is 0 Å². The molecule has 0 aromatic heterocycles. The molecule has 4 amide bonds. The van der Waals surface area contributed by atoms with E-state index < -0.39 is 5.54 Å². The summed E-state index contributed by atoms with van der Waals surface area (Å²) >= 11 is 0. The molecule has 1 aromatic rings. The van der Waals surface area contributed by atoms with Gasteiger partial charge in [-0.25, -0.2) is 4.79 Å². The maximum absolute atomic E-state index is 12.5. The van der Waals surface area contributed by atoms with Gasteiger partial charge in [0.05, 0.1) is 14.1 Å². The minimum absolute atomic E-state index is 0.122. The maximum Gasteiger partial charge on any atom is 0.325 e. The Morgan fingerprint density at radius 2 is 1.78 bits per heavy atom. The number of benzene rings is 1. The van der Waals surface area contributed by atoms with E-state index in [1.807, 2.05) is 12.1 Å². The van der Waals surface area contributed by atoms with Crippen molar-refractivity contribution in [2.45, 2.75) is 50.7 Å². The summed E-state index contributed by atoms with van der Waals surface area (Å²) in [6.45, 7) is 1.53. The third kappa shape index (κ3) is 4.47. The third-order valence-corrected chi connectivity index (χ3v) is 5.34. The SMILES string of the molecule is C[NH+](C)Cc1ccc(CNC(=O)CCN2C(=O)NC3(CCCC3)C2=O)cc1. The van der Waals surface area contributed by atoms with Crippen molar-refractivity contribution in [1.82, 2.24) is 15.5 Å². The molecule has 7 heteroatoms. The average molecular weight is 373 g/mol. The number of quaternary nitrogens is 1. The Morgan fingerprint density at radius 3 is 2.41 bits per heavy atom. The van der Waals surface area contributed by atoms with Crippen molar-refractivity contribution in [3.8, 4) is 0 Å². The van der Waals surface area contributed by atoms with Gasteiger partial charge >= 0.3 is 6.03 Å². The molecular weight excluding hydrogens is 344 g/mol. The van der Waals surface area contributed by atoms with Crippen LogP contribution in [0.4, 0.5) is 4.79 Å². The first kappa shape index (κ1) is 19.4. The largest absolute Gasteiger partial charge is 0.352 e. The van der Waals surface area contributed by atoms with E-state index in [1.165, 1.54) is 15.4 Å². The van der Waals surface area contributed by atoms with Crippen LogP contribution < -0.4 is 15.5 Å². The first-order valence-electron chi connectivity index (χ1n) is 9.67. The average Bonchev–Trinajstić information content (AvgIpc) is 3.18. The Balaban J connectivity index is 1.44. The molecule has 3 rings (SSSR count). The summed E-state index contributed by atoms with van der Waals surface area (Å²) in [5.41, 5.74) is 1.58. The molecule has 2 fully saturated rings. The highest BCUT2D eigenvalue weighted by molar-refractivity contribution is 6.07. The number of rotatable bonds is 7. The van der Waals surface area contributed by atoms with Crippen LogP contribution in [-0.2, 0) is 22.7 Å². The van der Waals surface area contributed by atoms with Gasteiger partial charge in [-0.2, -0.15) is 0 Å². The summed E-state index contributed by atoms with van der Waals surface area (Å²) in [7, 11) is 4.21. The summed E-state index contributed by atoms with van der Waals surface area (Å²) in [6.07, 6.45) is 3.43. The molecule has 0 atom stereocenters. The Hall–Kier alpha value is -2.41. The molecule has 0 unspecified atom stereocenters. The van der Waals surface area contributed by atoms with Crippen molar-refractivity contribution in [2.24, 2.45) is 0 Å². The zero-order valence-corrected chi connectivity index (χ0v) is 16.1. The minimum Gasteiger partial charge on any atom is -0.352 e. The Kier molecular flexibility index (Phi) is 5.79. The lowest BCUT2D eigenvalue weighted by atomic mass is 9.98. The number of nitrogens with one attached hydrogen (secondary N) is 3. The molecule has 146 valence electrons. The smallest absolute Gasteiger partial charge is 0.325 e. The molecule has 0 radical (unpaired) electrons. The first-order valence-corrected chi connectivity index (χ1v) is 9.67. The number of amides is 4. The molecule has 0 bridgehead atoms. The number of hydrogen-bond donors (Lipinski definition) is 3. The minimum atomic E-state index is -0.705. The number of imide groups is 1. The normalized spacial score (nSPS) is 18.4. The summed E-state index contributed by atoms with van der Waals surface area (Å²) in [5, 5.41) is 5.69. The molecule has 1 saturated carbocycles. The standard InChI is InChI=1S/C20H28N4O3/c1-23(2)14-16-7-5-15(6-8-16)13-21-17(25)9-12-24-18(26)20(22-19(24)27)10-3-4-11-20/h5-8H,3-4,9-14H2,1-2H3,(H,21,25)(H,22,27)/p+1. The topological polar surface area (TPSA) is 82.9 Å². The van der Waals surface area contributed by atoms with E-state index in [1.54, 1.807) is 0 Å². The van der Waals surface area contributed by atoms with Crippen LogP contribution in [0.15, 0.2) is 24.3 Å². The van der Waals surface area contributed by atoms with Crippen LogP contribution in [0.3, 0.4) is 0 Å². The number of carbonyl (C=O) groups excluding carboxylic acids is 3. The molecule has 1 heterocycles. The van der Waals surface area contributed by atoms with E-state index in [-0.39, 0.29) is 30.8 Å². The van der Waals surface area contributed by atoms with E-state index >= 15 is 0 Å². The predicted molar refractivity (Wildman–Crippen MR) is 101 cm³/mol. The zero-order valence-electron chi connectivity index (χ0n) is 16.1. The number of hydrogen-bond acceptors (Lipinski definition) is 3. The highest BCUT2D eigenvalue weighted by Crippen LogP contribution is 2.34. The maximum atomic E-state index is 12.5. The molecule has 1 saturated heterocycles. The fraction of sp³-hybridized carbons (Fsp3) is 0.550. The third-order valence-electron chi connectivity index (χ3n) is 5.34. The second-order valence-corrected chi connectivity index (χ2v) is 7.90.